The topological polar surface area (TPSA) is 126 Å². The number of aromatic amines is 1. The smallest absolute Gasteiger partial charge is 0.261 e. The molecule has 0 saturated carbocycles. The lowest BCUT2D eigenvalue weighted by Crippen LogP contribution is -2.40. The molecule has 1 unspecified atom stereocenters. The second-order valence-electron chi connectivity index (χ2n) is 5.22. The number of halogens is 1. The maximum Gasteiger partial charge on any atom is 0.261 e. The van der Waals surface area contributed by atoms with Crippen LogP contribution in [0.4, 0.5) is 10.3 Å². The van der Waals surface area contributed by atoms with Crippen molar-refractivity contribution in [3.63, 3.8) is 0 Å². The van der Waals surface area contributed by atoms with E-state index < -0.39 is 36.3 Å². The van der Waals surface area contributed by atoms with Crippen LogP contribution in [0.25, 0.3) is 11.0 Å². The van der Waals surface area contributed by atoms with Crippen molar-refractivity contribution in [2.24, 2.45) is 0 Å². The third-order valence-electron chi connectivity index (χ3n) is 3.75. The van der Waals surface area contributed by atoms with E-state index in [1.54, 1.807) is 0 Å². The van der Waals surface area contributed by atoms with Crippen molar-refractivity contribution in [1.29, 1.82) is 0 Å². The molecule has 0 spiro atoms. The van der Waals surface area contributed by atoms with Gasteiger partial charge in [0.05, 0.1) is 12.0 Å². The SMILES string of the molecule is CC1(F)[C@@H](O)[C@@H](CO)O[C@H]1n1ccc2c(=O)[nH]c(N)nc21. The number of hydrogen-bond acceptors (Lipinski definition) is 6. The third-order valence-corrected chi connectivity index (χ3v) is 3.75. The quantitative estimate of drug-likeness (QED) is 0.580. The number of aliphatic hydroxyl groups is 2. The van der Waals surface area contributed by atoms with E-state index in [2.05, 4.69) is 9.97 Å². The van der Waals surface area contributed by atoms with Crippen molar-refractivity contribution < 1.29 is 19.3 Å². The Morgan fingerprint density at radius 2 is 2.38 bits per heavy atom. The van der Waals surface area contributed by atoms with Gasteiger partial charge in [-0.15, -0.1) is 0 Å². The number of hydrogen-bond donors (Lipinski definition) is 4. The van der Waals surface area contributed by atoms with Crippen LogP contribution >= 0.6 is 0 Å². The van der Waals surface area contributed by atoms with E-state index in [0.717, 1.165) is 0 Å². The average Bonchev–Trinajstić information content (AvgIpc) is 2.91. The fourth-order valence-electron chi connectivity index (χ4n) is 2.61. The van der Waals surface area contributed by atoms with Gasteiger partial charge < -0.3 is 25.3 Å². The highest BCUT2D eigenvalue weighted by Gasteiger charge is 2.55. The van der Waals surface area contributed by atoms with E-state index in [4.69, 9.17) is 15.6 Å². The van der Waals surface area contributed by atoms with Crippen LogP contribution in [0.15, 0.2) is 17.1 Å². The molecule has 9 heteroatoms. The molecular weight excluding hydrogens is 283 g/mol. The predicted octanol–water partition coefficient (Wildman–Crippen LogP) is -0.714. The highest BCUT2D eigenvalue weighted by Crippen LogP contribution is 2.42. The molecule has 1 saturated heterocycles. The summed E-state index contributed by atoms with van der Waals surface area (Å²) in [4.78, 5) is 18.1. The zero-order valence-electron chi connectivity index (χ0n) is 11.2. The van der Waals surface area contributed by atoms with Crippen LogP contribution in [0.3, 0.4) is 0 Å². The number of aliphatic hydroxyl groups excluding tert-OH is 2. The number of H-pyrrole nitrogens is 1. The molecule has 3 heterocycles. The largest absolute Gasteiger partial charge is 0.394 e. The molecule has 0 bridgehead atoms. The first-order valence-corrected chi connectivity index (χ1v) is 6.36. The Balaban J connectivity index is 2.15. The number of nitrogens with one attached hydrogen (secondary N) is 1. The number of nitrogens with zero attached hydrogens (tertiary/aromatic N) is 2. The van der Waals surface area contributed by atoms with Crippen molar-refractivity contribution in [2.45, 2.75) is 31.0 Å². The summed E-state index contributed by atoms with van der Waals surface area (Å²) in [5.41, 5.74) is 3.04. The minimum Gasteiger partial charge on any atom is -0.394 e. The first kappa shape index (κ1) is 14.0. The number of nitrogens with two attached hydrogens (primary N) is 1. The van der Waals surface area contributed by atoms with Crippen LogP contribution in [0.5, 0.6) is 0 Å². The Morgan fingerprint density at radius 1 is 1.67 bits per heavy atom. The van der Waals surface area contributed by atoms with Gasteiger partial charge in [-0.25, -0.2) is 4.39 Å². The maximum absolute atomic E-state index is 14.7. The summed E-state index contributed by atoms with van der Waals surface area (Å²) in [6.07, 6.45) is -2.34. The van der Waals surface area contributed by atoms with Crippen molar-refractivity contribution in [2.75, 3.05) is 12.3 Å². The van der Waals surface area contributed by atoms with Gasteiger partial charge in [0.1, 0.15) is 12.2 Å². The molecule has 1 fully saturated rings. The van der Waals surface area contributed by atoms with Gasteiger partial charge in [0.15, 0.2) is 17.5 Å². The molecule has 21 heavy (non-hydrogen) atoms. The summed E-state index contributed by atoms with van der Waals surface area (Å²) >= 11 is 0. The van der Waals surface area contributed by atoms with Crippen LogP contribution in [-0.4, -0.2) is 49.2 Å². The highest BCUT2D eigenvalue weighted by atomic mass is 19.1. The van der Waals surface area contributed by atoms with Crippen LogP contribution in [0.1, 0.15) is 13.2 Å². The lowest BCUT2D eigenvalue weighted by molar-refractivity contribution is -0.0564. The van der Waals surface area contributed by atoms with E-state index >= 15 is 0 Å². The lowest BCUT2D eigenvalue weighted by Gasteiger charge is -2.25. The first-order chi connectivity index (χ1) is 9.86. The standard InChI is InChI=1S/C12H15FN4O4/c1-12(13)7(19)6(4-18)21-10(12)17-3-2-5-8(17)15-11(14)16-9(5)20/h2-3,6-7,10,18-19H,4H2,1H3,(H3,14,15,16,20)/t6-,7+,10-,12?/m1/s1. The molecule has 8 nitrogen and oxygen atoms in total. The highest BCUT2D eigenvalue weighted by molar-refractivity contribution is 5.76. The lowest BCUT2D eigenvalue weighted by atomic mass is 9.98. The molecule has 0 aromatic carbocycles. The second-order valence-corrected chi connectivity index (χ2v) is 5.22. The van der Waals surface area contributed by atoms with Crippen molar-refractivity contribution in [1.82, 2.24) is 14.5 Å². The molecule has 5 N–H and O–H groups in total. The fourth-order valence-corrected chi connectivity index (χ4v) is 2.61. The summed E-state index contributed by atoms with van der Waals surface area (Å²) in [7, 11) is 0. The molecule has 0 radical (unpaired) electrons. The Kier molecular flexibility index (Phi) is 3.01. The first-order valence-electron chi connectivity index (χ1n) is 6.36. The van der Waals surface area contributed by atoms with E-state index in [9.17, 15) is 14.3 Å². The van der Waals surface area contributed by atoms with Gasteiger partial charge in [-0.3, -0.25) is 9.78 Å². The van der Waals surface area contributed by atoms with Crippen LogP contribution in [-0.2, 0) is 4.74 Å². The fraction of sp³-hybridized carbons (Fsp3) is 0.500. The van der Waals surface area contributed by atoms with Gasteiger partial charge in [0, 0.05) is 6.20 Å². The Hall–Kier alpha value is -1.97. The van der Waals surface area contributed by atoms with Crippen molar-refractivity contribution in [3.8, 4) is 0 Å². The summed E-state index contributed by atoms with van der Waals surface area (Å²) in [6, 6.07) is 1.46. The predicted molar refractivity (Wildman–Crippen MR) is 71.3 cm³/mol. The summed E-state index contributed by atoms with van der Waals surface area (Å²) < 4.78 is 21.4. The Morgan fingerprint density at radius 3 is 3.00 bits per heavy atom. The van der Waals surface area contributed by atoms with Crippen LogP contribution in [0.2, 0.25) is 0 Å². The summed E-state index contributed by atoms with van der Waals surface area (Å²) in [5, 5.41) is 19.2. The van der Waals surface area contributed by atoms with Gasteiger partial charge in [0.2, 0.25) is 5.95 Å². The number of ether oxygens (including phenoxy) is 1. The van der Waals surface area contributed by atoms with Crippen molar-refractivity contribution in [3.05, 3.63) is 22.6 Å². The number of nitrogen functional groups attached to an aromatic ring is 1. The van der Waals surface area contributed by atoms with Crippen LogP contribution < -0.4 is 11.3 Å². The molecule has 4 atom stereocenters. The van der Waals surface area contributed by atoms with E-state index in [-0.39, 0.29) is 17.0 Å². The van der Waals surface area contributed by atoms with Gasteiger partial charge >= 0.3 is 0 Å². The Labute approximate surface area is 118 Å². The van der Waals surface area contributed by atoms with E-state index in [0.29, 0.717) is 0 Å². The van der Waals surface area contributed by atoms with Crippen LogP contribution in [0, 0.1) is 0 Å². The zero-order valence-corrected chi connectivity index (χ0v) is 11.2. The molecular formula is C12H15FN4O4. The molecule has 0 aliphatic carbocycles. The molecule has 2 aromatic rings. The van der Waals surface area contributed by atoms with Gasteiger partial charge in [-0.05, 0) is 13.0 Å². The number of aromatic nitrogens is 3. The summed E-state index contributed by atoms with van der Waals surface area (Å²) in [6.45, 7) is 0.646. The summed E-state index contributed by atoms with van der Waals surface area (Å²) in [5.74, 6) is -0.106. The number of alkyl halides is 1. The minimum absolute atomic E-state index is 0.106. The molecule has 2 aromatic heterocycles. The monoisotopic (exact) mass is 298 g/mol. The Bertz CT molecular complexity index is 740. The normalized spacial score (nSPS) is 32.9. The van der Waals surface area contributed by atoms with Gasteiger partial charge in [-0.1, -0.05) is 0 Å². The molecule has 3 rings (SSSR count). The van der Waals surface area contributed by atoms with Gasteiger partial charge in [-0.2, -0.15) is 4.98 Å². The third kappa shape index (κ3) is 1.93. The molecule has 1 aliphatic heterocycles. The van der Waals surface area contributed by atoms with Crippen molar-refractivity contribution >= 4 is 17.0 Å². The second kappa shape index (κ2) is 4.52. The number of anilines is 1. The van der Waals surface area contributed by atoms with E-state index in [1.807, 2.05) is 0 Å². The van der Waals surface area contributed by atoms with E-state index in [1.165, 1.54) is 23.8 Å². The molecule has 1 aliphatic rings. The maximum atomic E-state index is 14.7. The van der Waals surface area contributed by atoms with Gasteiger partial charge in [0.25, 0.3) is 5.56 Å². The molecule has 114 valence electrons. The number of fused-ring (bicyclic) bond motifs is 1. The number of rotatable bonds is 2. The molecule has 0 amide bonds. The zero-order chi connectivity index (χ0) is 15.4. The minimum atomic E-state index is -2.15. The average molecular weight is 298 g/mol.